The highest BCUT2D eigenvalue weighted by Crippen LogP contribution is 2.47. The first-order valence-electron chi connectivity index (χ1n) is 14.1. The summed E-state index contributed by atoms with van der Waals surface area (Å²) in [5, 5.41) is 1.17. The first-order valence-corrected chi connectivity index (χ1v) is 14.9. The van der Waals surface area contributed by atoms with E-state index < -0.39 is 0 Å². The molecule has 0 radical (unpaired) electrons. The molecule has 9 heteroatoms. The van der Waals surface area contributed by atoms with Crippen LogP contribution in [0.3, 0.4) is 0 Å². The molecule has 210 valence electrons. The largest absolute Gasteiger partial charge is 0.497 e. The summed E-state index contributed by atoms with van der Waals surface area (Å²) in [5.41, 5.74) is 12.9. The lowest BCUT2D eigenvalue weighted by atomic mass is 9.81. The van der Waals surface area contributed by atoms with Crippen molar-refractivity contribution in [2.75, 3.05) is 34.3 Å². The van der Waals surface area contributed by atoms with Crippen LogP contribution in [0.15, 0.2) is 42.0 Å². The number of rotatable bonds is 6. The number of carbonyl (C=O) groups excluding carboxylic acids is 2. The van der Waals surface area contributed by atoms with E-state index in [9.17, 15) is 9.59 Å². The normalized spacial score (nSPS) is 17.6. The van der Waals surface area contributed by atoms with Crippen molar-refractivity contribution in [1.29, 1.82) is 0 Å². The summed E-state index contributed by atoms with van der Waals surface area (Å²) in [6, 6.07) is 12.2. The molecule has 3 aromatic rings. The number of nitrogens with zero attached hydrogens (tertiary/aromatic N) is 3. The van der Waals surface area contributed by atoms with Crippen molar-refractivity contribution < 1.29 is 14.3 Å². The average Bonchev–Trinajstić information content (AvgIpc) is 3.16. The van der Waals surface area contributed by atoms with Crippen LogP contribution in [0.25, 0.3) is 28.2 Å². The van der Waals surface area contributed by atoms with Crippen LogP contribution in [0.1, 0.15) is 59.5 Å². The molecule has 1 aromatic heterocycles. The summed E-state index contributed by atoms with van der Waals surface area (Å²) in [4.78, 5) is 28.6. The maximum Gasteiger partial charge on any atom is 0.262 e. The summed E-state index contributed by atoms with van der Waals surface area (Å²) in [6.07, 6.45) is 8.01. The molecule has 6 rings (SSSR count). The summed E-state index contributed by atoms with van der Waals surface area (Å²) in [7, 11) is 5.45. The minimum Gasteiger partial charge on any atom is -0.497 e. The van der Waals surface area contributed by atoms with Gasteiger partial charge >= 0.3 is 0 Å². The highest BCUT2D eigenvalue weighted by molar-refractivity contribution is 7.95. The second-order valence-electron chi connectivity index (χ2n) is 11.3. The van der Waals surface area contributed by atoms with Gasteiger partial charge in [-0.1, -0.05) is 25.3 Å². The van der Waals surface area contributed by atoms with E-state index in [1.165, 1.54) is 42.3 Å². The minimum atomic E-state index is -0.143. The van der Waals surface area contributed by atoms with E-state index in [0.29, 0.717) is 36.7 Å². The van der Waals surface area contributed by atoms with Crippen molar-refractivity contribution >= 4 is 40.9 Å². The molecule has 0 unspecified atom stereocenters. The zero-order valence-corrected chi connectivity index (χ0v) is 24.2. The Morgan fingerprint density at radius 2 is 1.85 bits per heavy atom. The Bertz CT molecular complexity index is 1500. The molecule has 3 N–H and O–H groups in total. The third-order valence-corrected chi connectivity index (χ3v) is 8.99. The Kier molecular flexibility index (Phi) is 7.37. The molecule has 8 nitrogen and oxygen atoms in total. The van der Waals surface area contributed by atoms with Crippen LogP contribution in [-0.4, -0.2) is 65.9 Å². The van der Waals surface area contributed by atoms with Crippen molar-refractivity contribution in [2.24, 2.45) is 5.73 Å². The molecule has 1 saturated carbocycles. The van der Waals surface area contributed by atoms with Gasteiger partial charge in [0.1, 0.15) is 5.75 Å². The molecule has 0 bridgehead atoms. The molecule has 1 saturated heterocycles. The van der Waals surface area contributed by atoms with Crippen LogP contribution in [-0.2, 0) is 11.3 Å². The number of hydrogen-bond donors (Lipinski definition) is 2. The Balaban J connectivity index is 1.56. The van der Waals surface area contributed by atoms with E-state index >= 15 is 0 Å². The van der Waals surface area contributed by atoms with E-state index in [0.717, 1.165) is 40.9 Å². The van der Waals surface area contributed by atoms with E-state index in [4.69, 9.17) is 10.5 Å². The molecule has 1 aliphatic carbocycles. The van der Waals surface area contributed by atoms with E-state index in [2.05, 4.69) is 21.4 Å². The van der Waals surface area contributed by atoms with Gasteiger partial charge in [0.05, 0.1) is 19.3 Å². The lowest BCUT2D eigenvalue weighted by Gasteiger charge is -2.37. The van der Waals surface area contributed by atoms with Crippen LogP contribution >= 0.6 is 12.1 Å². The summed E-state index contributed by atoms with van der Waals surface area (Å²) >= 11 is 1.26. The van der Waals surface area contributed by atoms with Gasteiger partial charge in [-0.05, 0) is 80.4 Å². The third kappa shape index (κ3) is 4.91. The molecule has 0 atom stereocenters. The predicted molar refractivity (Wildman–Crippen MR) is 161 cm³/mol. The number of nitrogens with two attached hydrogens (primary N) is 1. The molecule has 2 aromatic carbocycles. The van der Waals surface area contributed by atoms with Crippen LogP contribution in [0.4, 0.5) is 0 Å². The standard InChI is InChI=1S/C31H37N5O3S/c1-34(2)40-33-30(37)20-9-11-26-27(15-20)36-16-22(31(38)35-17-23(32)18-35)13-21-14-24(39-3)10-12-25(21)29(36)28(26)19-7-5-4-6-8-19/h9-15,19,23H,4-8,16-18,32H2,1-3H3,(H,33,37). The number of fused-ring (bicyclic) bond motifs is 5. The second kappa shape index (κ2) is 11.0. The van der Waals surface area contributed by atoms with Gasteiger partial charge < -0.3 is 19.9 Å². The van der Waals surface area contributed by atoms with Crippen molar-refractivity contribution in [3.8, 4) is 17.0 Å². The Morgan fingerprint density at radius 1 is 1.07 bits per heavy atom. The number of carbonyl (C=O) groups is 2. The molecule has 2 aliphatic heterocycles. The quantitative estimate of drug-likeness (QED) is 0.422. The number of ether oxygens (including phenoxy) is 1. The highest BCUT2D eigenvalue weighted by Gasteiger charge is 2.34. The lowest BCUT2D eigenvalue weighted by molar-refractivity contribution is -0.131. The zero-order chi connectivity index (χ0) is 28.0. The third-order valence-electron chi connectivity index (χ3n) is 8.34. The van der Waals surface area contributed by atoms with Crippen LogP contribution in [0.2, 0.25) is 0 Å². The van der Waals surface area contributed by atoms with Crippen LogP contribution < -0.4 is 15.2 Å². The van der Waals surface area contributed by atoms with E-state index in [1.807, 2.05) is 53.6 Å². The molecule has 3 heterocycles. The van der Waals surface area contributed by atoms with Crippen molar-refractivity contribution in [3.63, 3.8) is 0 Å². The van der Waals surface area contributed by atoms with Gasteiger partial charge in [-0.25, -0.2) is 4.31 Å². The number of benzene rings is 2. The number of nitrogens with one attached hydrogen (secondary N) is 1. The fourth-order valence-electron chi connectivity index (χ4n) is 6.39. The van der Waals surface area contributed by atoms with Gasteiger partial charge in [-0.3, -0.25) is 14.3 Å². The SMILES string of the molecule is COc1ccc2c(c1)C=C(C(=O)N1CC(N)C1)Cn1c-2c(C2CCCCC2)c2ccc(C(=O)NSN(C)C)cc21. The summed E-state index contributed by atoms with van der Waals surface area (Å²) in [6.45, 7) is 1.57. The van der Waals surface area contributed by atoms with Gasteiger partial charge in [-0.2, -0.15) is 0 Å². The van der Waals surface area contributed by atoms with Gasteiger partial charge in [0.15, 0.2) is 0 Å². The smallest absolute Gasteiger partial charge is 0.262 e. The number of likely N-dealkylation sites (tertiary alicyclic amines) is 1. The predicted octanol–water partition coefficient (Wildman–Crippen LogP) is 4.79. The highest BCUT2D eigenvalue weighted by atomic mass is 32.2. The Labute approximate surface area is 239 Å². The molecular formula is C31H37N5O3S. The van der Waals surface area contributed by atoms with E-state index in [-0.39, 0.29) is 17.9 Å². The maximum atomic E-state index is 13.7. The van der Waals surface area contributed by atoms with Crippen LogP contribution in [0.5, 0.6) is 5.75 Å². The van der Waals surface area contributed by atoms with Crippen molar-refractivity contribution in [2.45, 2.75) is 50.6 Å². The maximum absolute atomic E-state index is 13.7. The van der Waals surface area contributed by atoms with Gasteiger partial charge in [0.2, 0.25) is 0 Å². The fourth-order valence-corrected chi connectivity index (χ4v) is 6.77. The number of hydrogen-bond acceptors (Lipinski definition) is 6. The van der Waals surface area contributed by atoms with E-state index in [1.54, 1.807) is 7.11 Å². The molecule has 2 amide bonds. The monoisotopic (exact) mass is 559 g/mol. The first kappa shape index (κ1) is 26.9. The van der Waals surface area contributed by atoms with Gasteiger partial charge in [-0.15, -0.1) is 0 Å². The number of methoxy groups -OCH3 is 1. The summed E-state index contributed by atoms with van der Waals surface area (Å²) < 4.78 is 12.6. The molecule has 0 spiro atoms. The fraction of sp³-hybridized carbons (Fsp3) is 0.419. The molecule has 3 aliphatic rings. The van der Waals surface area contributed by atoms with Gasteiger partial charge in [0, 0.05) is 58.9 Å². The molecular weight excluding hydrogens is 522 g/mol. The van der Waals surface area contributed by atoms with Gasteiger partial charge in [0.25, 0.3) is 11.8 Å². The minimum absolute atomic E-state index is 0.0145. The second-order valence-corrected chi connectivity index (χ2v) is 12.5. The molecule has 40 heavy (non-hydrogen) atoms. The zero-order valence-electron chi connectivity index (χ0n) is 23.4. The number of amides is 2. The summed E-state index contributed by atoms with van der Waals surface area (Å²) in [5.74, 6) is 1.06. The number of aromatic nitrogens is 1. The first-order chi connectivity index (χ1) is 19.3. The topological polar surface area (TPSA) is 92.8 Å². The Morgan fingerprint density at radius 3 is 2.55 bits per heavy atom. The lowest BCUT2D eigenvalue weighted by Crippen LogP contribution is -2.58. The van der Waals surface area contributed by atoms with Crippen molar-refractivity contribution in [3.05, 3.63) is 58.7 Å². The average molecular weight is 560 g/mol. The Hall–Kier alpha value is -3.27. The van der Waals surface area contributed by atoms with Crippen molar-refractivity contribution in [1.82, 2.24) is 18.5 Å². The van der Waals surface area contributed by atoms with Crippen LogP contribution in [0, 0.1) is 0 Å². The molecule has 2 fully saturated rings.